The third kappa shape index (κ3) is 3.80. The SMILES string of the molecule is CC(C(=O)N[C@@H](C)c1ccc(F)cc1F)c1nc2c(Br)c(F)ccc2[nH]c1=O. The van der Waals surface area contributed by atoms with Gasteiger partial charge in [0, 0.05) is 11.6 Å². The number of hydrogen-bond acceptors (Lipinski definition) is 3. The summed E-state index contributed by atoms with van der Waals surface area (Å²) in [5.74, 6) is -3.65. The monoisotopic (exact) mass is 453 g/mol. The zero-order valence-electron chi connectivity index (χ0n) is 14.8. The number of hydrogen-bond donors (Lipinski definition) is 2. The number of rotatable bonds is 4. The average Bonchev–Trinajstić information content (AvgIpc) is 2.63. The molecule has 1 aromatic heterocycles. The molecule has 2 atom stereocenters. The molecule has 3 rings (SSSR count). The van der Waals surface area contributed by atoms with Crippen LogP contribution in [-0.4, -0.2) is 15.9 Å². The van der Waals surface area contributed by atoms with E-state index in [1.54, 1.807) is 0 Å². The van der Waals surface area contributed by atoms with Crippen LogP contribution < -0.4 is 10.9 Å². The minimum absolute atomic E-state index is 0.0665. The number of nitrogens with zero attached hydrogens (tertiary/aromatic N) is 1. The molecule has 0 aliphatic rings. The minimum atomic E-state index is -0.991. The van der Waals surface area contributed by atoms with Gasteiger partial charge in [-0.05, 0) is 48.0 Å². The van der Waals surface area contributed by atoms with Crippen molar-refractivity contribution in [3.05, 3.63) is 73.9 Å². The van der Waals surface area contributed by atoms with E-state index in [9.17, 15) is 22.8 Å². The molecule has 3 aromatic rings. The van der Waals surface area contributed by atoms with E-state index in [1.807, 2.05) is 0 Å². The van der Waals surface area contributed by atoms with E-state index in [0.717, 1.165) is 12.1 Å². The van der Waals surface area contributed by atoms with Gasteiger partial charge in [0.25, 0.3) is 5.56 Å². The molecule has 0 aliphatic heterocycles. The molecule has 0 saturated heterocycles. The lowest BCUT2D eigenvalue weighted by Gasteiger charge is -2.18. The Balaban J connectivity index is 1.89. The summed E-state index contributed by atoms with van der Waals surface area (Å²) in [5.41, 5.74) is -0.104. The first-order valence-electron chi connectivity index (χ1n) is 8.32. The molecule has 0 fully saturated rings. The normalized spacial score (nSPS) is 13.4. The third-order valence-electron chi connectivity index (χ3n) is 4.37. The summed E-state index contributed by atoms with van der Waals surface area (Å²) in [4.78, 5) is 31.6. The molecule has 146 valence electrons. The molecule has 0 saturated carbocycles. The van der Waals surface area contributed by atoms with Crippen molar-refractivity contribution in [2.75, 3.05) is 0 Å². The van der Waals surface area contributed by atoms with Gasteiger partial charge in [0.2, 0.25) is 5.91 Å². The van der Waals surface area contributed by atoms with Crippen molar-refractivity contribution in [2.24, 2.45) is 0 Å². The summed E-state index contributed by atoms with van der Waals surface area (Å²) in [6.07, 6.45) is 0. The smallest absolute Gasteiger partial charge is 0.270 e. The molecule has 2 N–H and O–H groups in total. The van der Waals surface area contributed by atoms with Crippen LogP contribution in [0, 0.1) is 17.5 Å². The molecule has 28 heavy (non-hydrogen) atoms. The van der Waals surface area contributed by atoms with Crippen molar-refractivity contribution < 1.29 is 18.0 Å². The molecule has 9 heteroatoms. The number of nitrogens with one attached hydrogen (secondary N) is 2. The highest BCUT2D eigenvalue weighted by molar-refractivity contribution is 9.10. The number of fused-ring (bicyclic) bond motifs is 1. The summed E-state index contributed by atoms with van der Waals surface area (Å²) in [6, 6.07) is 4.84. The van der Waals surface area contributed by atoms with Crippen LogP contribution in [0.25, 0.3) is 11.0 Å². The van der Waals surface area contributed by atoms with Gasteiger partial charge in [0.1, 0.15) is 28.7 Å². The highest BCUT2D eigenvalue weighted by Crippen LogP contribution is 2.25. The average molecular weight is 454 g/mol. The minimum Gasteiger partial charge on any atom is -0.349 e. The summed E-state index contributed by atoms with van der Waals surface area (Å²) >= 11 is 3.08. The van der Waals surface area contributed by atoms with Crippen LogP contribution in [-0.2, 0) is 4.79 Å². The molecule has 0 bridgehead atoms. The Morgan fingerprint density at radius 2 is 1.86 bits per heavy atom. The number of halogens is 4. The molecule has 1 amide bonds. The van der Waals surface area contributed by atoms with Crippen LogP contribution in [0.2, 0.25) is 0 Å². The van der Waals surface area contributed by atoms with Crippen LogP contribution in [0.1, 0.15) is 37.1 Å². The second-order valence-electron chi connectivity index (χ2n) is 6.33. The maximum Gasteiger partial charge on any atom is 0.270 e. The maximum absolute atomic E-state index is 13.9. The Bertz CT molecular complexity index is 1130. The van der Waals surface area contributed by atoms with Crippen molar-refractivity contribution in [1.82, 2.24) is 15.3 Å². The predicted molar refractivity (Wildman–Crippen MR) is 101 cm³/mol. The highest BCUT2D eigenvalue weighted by Gasteiger charge is 2.24. The zero-order chi connectivity index (χ0) is 20.6. The van der Waals surface area contributed by atoms with Gasteiger partial charge < -0.3 is 10.3 Å². The van der Waals surface area contributed by atoms with Crippen LogP contribution >= 0.6 is 15.9 Å². The first-order valence-corrected chi connectivity index (χ1v) is 9.11. The lowest BCUT2D eigenvalue weighted by atomic mass is 10.0. The third-order valence-corrected chi connectivity index (χ3v) is 5.13. The van der Waals surface area contributed by atoms with Gasteiger partial charge in [-0.2, -0.15) is 0 Å². The van der Waals surface area contributed by atoms with E-state index >= 15 is 0 Å². The molecular formula is C19H15BrF3N3O2. The Labute approximate surface area is 166 Å². The molecule has 5 nitrogen and oxygen atoms in total. The Morgan fingerprint density at radius 1 is 1.14 bits per heavy atom. The van der Waals surface area contributed by atoms with E-state index < -0.39 is 40.9 Å². The molecule has 1 unspecified atom stereocenters. The molecule has 0 spiro atoms. The number of aromatic nitrogens is 2. The van der Waals surface area contributed by atoms with Gasteiger partial charge >= 0.3 is 0 Å². The lowest BCUT2D eigenvalue weighted by molar-refractivity contribution is -0.122. The van der Waals surface area contributed by atoms with Gasteiger partial charge in [-0.1, -0.05) is 6.07 Å². The highest BCUT2D eigenvalue weighted by atomic mass is 79.9. The number of carbonyl (C=O) groups excluding carboxylic acids is 1. The van der Waals surface area contributed by atoms with Gasteiger partial charge in [-0.15, -0.1) is 0 Å². The number of aromatic amines is 1. The number of H-pyrrole nitrogens is 1. The van der Waals surface area contributed by atoms with E-state index in [-0.39, 0.29) is 21.2 Å². The lowest BCUT2D eigenvalue weighted by Crippen LogP contribution is -2.34. The number of amides is 1. The van der Waals surface area contributed by atoms with Crippen molar-refractivity contribution in [2.45, 2.75) is 25.8 Å². The standard InChI is InChI=1S/C19H15BrF3N3O2/c1-8(18(27)24-9(2)11-4-3-10(21)7-13(11)23)16-19(28)25-14-6-5-12(22)15(20)17(14)26-16/h3-9H,1-2H3,(H,24,27)(H,25,28)/t8?,9-/m0/s1. The van der Waals surface area contributed by atoms with Gasteiger partial charge in [0.15, 0.2) is 0 Å². The fraction of sp³-hybridized carbons (Fsp3) is 0.211. The molecular weight excluding hydrogens is 439 g/mol. The van der Waals surface area contributed by atoms with E-state index in [2.05, 4.69) is 31.2 Å². The summed E-state index contributed by atoms with van der Waals surface area (Å²) in [5, 5.41) is 2.58. The van der Waals surface area contributed by atoms with Gasteiger partial charge in [0.05, 0.1) is 21.9 Å². The van der Waals surface area contributed by atoms with E-state index in [1.165, 1.54) is 32.0 Å². The quantitative estimate of drug-likeness (QED) is 0.624. The Hall–Kier alpha value is -2.68. The Kier molecular flexibility index (Phi) is 5.55. The fourth-order valence-corrected chi connectivity index (χ4v) is 3.23. The van der Waals surface area contributed by atoms with Gasteiger partial charge in [-0.25, -0.2) is 18.2 Å². The van der Waals surface area contributed by atoms with E-state index in [4.69, 9.17) is 0 Å². The fourth-order valence-electron chi connectivity index (χ4n) is 2.79. The van der Waals surface area contributed by atoms with Crippen LogP contribution in [0.4, 0.5) is 13.2 Å². The van der Waals surface area contributed by atoms with Gasteiger partial charge in [-0.3, -0.25) is 9.59 Å². The van der Waals surface area contributed by atoms with Crippen molar-refractivity contribution in [3.63, 3.8) is 0 Å². The largest absolute Gasteiger partial charge is 0.349 e. The van der Waals surface area contributed by atoms with Crippen molar-refractivity contribution in [3.8, 4) is 0 Å². The first-order chi connectivity index (χ1) is 13.2. The topological polar surface area (TPSA) is 74.8 Å². The van der Waals surface area contributed by atoms with Crippen molar-refractivity contribution >= 4 is 32.9 Å². The van der Waals surface area contributed by atoms with Crippen molar-refractivity contribution in [1.29, 1.82) is 0 Å². The van der Waals surface area contributed by atoms with E-state index in [0.29, 0.717) is 5.52 Å². The zero-order valence-corrected chi connectivity index (χ0v) is 16.4. The number of carbonyl (C=O) groups is 1. The molecule has 0 radical (unpaired) electrons. The Morgan fingerprint density at radius 3 is 2.54 bits per heavy atom. The number of benzene rings is 2. The summed E-state index contributed by atoms with van der Waals surface area (Å²) < 4.78 is 40.8. The molecule has 2 aromatic carbocycles. The maximum atomic E-state index is 13.9. The molecule has 1 heterocycles. The van der Waals surface area contributed by atoms with Crippen LogP contribution in [0.15, 0.2) is 39.6 Å². The van der Waals surface area contributed by atoms with Crippen LogP contribution in [0.5, 0.6) is 0 Å². The predicted octanol–water partition coefficient (Wildman–Crippen LogP) is 4.08. The second-order valence-corrected chi connectivity index (χ2v) is 7.12. The second kappa shape index (κ2) is 7.75. The summed E-state index contributed by atoms with van der Waals surface area (Å²) in [6.45, 7) is 2.99. The first kappa shape index (κ1) is 20.1. The molecule has 0 aliphatic carbocycles. The summed E-state index contributed by atoms with van der Waals surface area (Å²) in [7, 11) is 0. The van der Waals surface area contributed by atoms with Crippen LogP contribution in [0.3, 0.4) is 0 Å².